The van der Waals surface area contributed by atoms with E-state index >= 15 is 0 Å². The molecule has 0 N–H and O–H groups in total. The van der Waals surface area contributed by atoms with E-state index in [-0.39, 0.29) is 11.9 Å². The number of hydrogen-bond acceptors (Lipinski definition) is 5. The van der Waals surface area contributed by atoms with Crippen LogP contribution in [-0.2, 0) is 6.54 Å². The fourth-order valence-electron chi connectivity index (χ4n) is 3.03. The molecule has 6 heteroatoms. The van der Waals surface area contributed by atoms with E-state index in [0.29, 0.717) is 37.0 Å². The Morgan fingerprint density at radius 2 is 2.08 bits per heavy atom. The van der Waals surface area contributed by atoms with Crippen molar-refractivity contribution in [3.05, 3.63) is 47.2 Å². The number of nitrogens with zero attached hydrogens (tertiary/aromatic N) is 3. The number of benzene rings is 1. The summed E-state index contributed by atoms with van der Waals surface area (Å²) >= 11 is 0. The predicted octanol–water partition coefficient (Wildman–Crippen LogP) is 2.26. The van der Waals surface area contributed by atoms with Gasteiger partial charge in [-0.3, -0.25) is 4.79 Å². The highest BCUT2D eigenvalue weighted by molar-refractivity contribution is 5.92. The summed E-state index contributed by atoms with van der Waals surface area (Å²) in [5.74, 6) is 1.52. The molecule has 1 atom stereocenters. The fraction of sp³-hybridized carbons (Fsp3) is 0.444. The first-order valence-electron chi connectivity index (χ1n) is 8.06. The standard InChI is InChI=1S/C18H23N3O3/c1-12-17(24-13(2)19-12)18(22)21-9-14-7-5-6-8-16(14)23-11-15(21)10-20(3)4/h5-8,15H,9-11H2,1-4H3/t15-/m1/s1. The molecule has 0 saturated heterocycles. The van der Waals surface area contributed by atoms with Crippen molar-refractivity contribution in [2.24, 2.45) is 0 Å². The van der Waals surface area contributed by atoms with Crippen molar-refractivity contribution < 1.29 is 13.9 Å². The van der Waals surface area contributed by atoms with Crippen molar-refractivity contribution in [1.29, 1.82) is 0 Å². The van der Waals surface area contributed by atoms with Gasteiger partial charge in [0.05, 0.1) is 18.3 Å². The Morgan fingerprint density at radius 1 is 1.33 bits per heavy atom. The minimum Gasteiger partial charge on any atom is -0.491 e. The van der Waals surface area contributed by atoms with Crippen LogP contribution in [0.4, 0.5) is 0 Å². The van der Waals surface area contributed by atoms with Crippen molar-refractivity contribution in [2.45, 2.75) is 26.4 Å². The van der Waals surface area contributed by atoms with Crippen LogP contribution in [0.1, 0.15) is 27.7 Å². The molecule has 0 unspecified atom stereocenters. The van der Waals surface area contributed by atoms with Crippen molar-refractivity contribution >= 4 is 5.91 Å². The third-order valence-electron chi connectivity index (χ3n) is 4.12. The second-order valence-electron chi connectivity index (χ2n) is 6.42. The highest BCUT2D eigenvalue weighted by Crippen LogP contribution is 2.27. The molecule has 6 nitrogen and oxygen atoms in total. The van der Waals surface area contributed by atoms with Gasteiger partial charge < -0.3 is 19.0 Å². The van der Waals surface area contributed by atoms with Gasteiger partial charge >= 0.3 is 0 Å². The van der Waals surface area contributed by atoms with Crippen LogP contribution in [0.15, 0.2) is 28.7 Å². The Balaban J connectivity index is 1.96. The largest absolute Gasteiger partial charge is 0.491 e. The lowest BCUT2D eigenvalue weighted by atomic mass is 10.1. The number of rotatable bonds is 3. The zero-order valence-corrected chi connectivity index (χ0v) is 14.6. The molecule has 0 aliphatic carbocycles. The number of aryl methyl sites for hydroxylation is 2. The van der Waals surface area contributed by atoms with Crippen molar-refractivity contribution in [2.75, 3.05) is 27.2 Å². The predicted molar refractivity (Wildman–Crippen MR) is 90.1 cm³/mol. The highest BCUT2D eigenvalue weighted by atomic mass is 16.5. The number of fused-ring (bicyclic) bond motifs is 1. The number of hydrogen-bond donors (Lipinski definition) is 0. The van der Waals surface area contributed by atoms with E-state index in [2.05, 4.69) is 9.88 Å². The monoisotopic (exact) mass is 329 g/mol. The first-order chi connectivity index (χ1) is 11.5. The smallest absolute Gasteiger partial charge is 0.292 e. The van der Waals surface area contributed by atoms with Crippen molar-refractivity contribution in [3.63, 3.8) is 0 Å². The molecule has 128 valence electrons. The number of carbonyl (C=O) groups excluding carboxylic acids is 1. The topological polar surface area (TPSA) is 58.8 Å². The molecule has 0 saturated carbocycles. The van der Waals surface area contributed by atoms with Crippen LogP contribution < -0.4 is 4.74 Å². The fourth-order valence-corrected chi connectivity index (χ4v) is 3.03. The van der Waals surface area contributed by atoms with Crippen LogP contribution in [-0.4, -0.2) is 54.0 Å². The Kier molecular flexibility index (Phi) is 4.57. The normalized spacial score (nSPS) is 17.4. The molecule has 0 fully saturated rings. The molecule has 1 aromatic carbocycles. The summed E-state index contributed by atoms with van der Waals surface area (Å²) in [6, 6.07) is 7.78. The molecule has 1 aliphatic rings. The van der Waals surface area contributed by atoms with E-state index < -0.39 is 0 Å². The summed E-state index contributed by atoms with van der Waals surface area (Å²) < 4.78 is 11.5. The van der Waals surface area contributed by atoms with Gasteiger partial charge in [0, 0.05) is 19.0 Å². The van der Waals surface area contributed by atoms with Crippen LogP contribution in [0.2, 0.25) is 0 Å². The number of likely N-dealkylation sites (N-methyl/N-ethyl adjacent to an activating group) is 1. The minimum absolute atomic E-state index is 0.0651. The lowest BCUT2D eigenvalue weighted by Crippen LogP contribution is -2.47. The Hall–Kier alpha value is -2.34. The maximum atomic E-state index is 13.1. The van der Waals surface area contributed by atoms with Gasteiger partial charge in [-0.25, -0.2) is 4.98 Å². The van der Waals surface area contributed by atoms with Gasteiger partial charge in [-0.15, -0.1) is 0 Å². The van der Waals surface area contributed by atoms with E-state index in [1.807, 2.05) is 43.3 Å². The number of amides is 1. The van der Waals surface area contributed by atoms with Gasteiger partial charge in [0.15, 0.2) is 5.89 Å². The molecule has 2 aromatic rings. The van der Waals surface area contributed by atoms with Gasteiger partial charge in [-0.1, -0.05) is 18.2 Å². The Morgan fingerprint density at radius 3 is 2.75 bits per heavy atom. The third kappa shape index (κ3) is 3.28. The molecule has 0 radical (unpaired) electrons. The second kappa shape index (κ2) is 6.65. The average molecular weight is 329 g/mol. The molecular weight excluding hydrogens is 306 g/mol. The second-order valence-corrected chi connectivity index (χ2v) is 6.42. The molecular formula is C18H23N3O3. The van der Waals surface area contributed by atoms with Gasteiger partial charge in [0.25, 0.3) is 5.91 Å². The summed E-state index contributed by atoms with van der Waals surface area (Å²) in [4.78, 5) is 21.2. The summed E-state index contributed by atoms with van der Waals surface area (Å²) in [5, 5.41) is 0. The lowest BCUT2D eigenvalue weighted by molar-refractivity contribution is 0.0550. The SMILES string of the molecule is Cc1nc(C)c(C(=O)N2Cc3ccccc3OC[C@H]2CN(C)C)o1. The number of aromatic nitrogens is 1. The van der Waals surface area contributed by atoms with E-state index in [0.717, 1.165) is 11.3 Å². The van der Waals surface area contributed by atoms with E-state index in [9.17, 15) is 4.79 Å². The molecule has 0 spiro atoms. The Labute approximate surface area is 142 Å². The molecule has 0 bridgehead atoms. The van der Waals surface area contributed by atoms with Gasteiger partial charge in [0.1, 0.15) is 12.4 Å². The molecule has 1 aromatic heterocycles. The molecule has 1 aliphatic heterocycles. The van der Waals surface area contributed by atoms with Crippen molar-refractivity contribution in [1.82, 2.24) is 14.8 Å². The molecule has 24 heavy (non-hydrogen) atoms. The van der Waals surface area contributed by atoms with Crippen molar-refractivity contribution in [3.8, 4) is 5.75 Å². The zero-order chi connectivity index (χ0) is 17.3. The molecule has 3 rings (SSSR count). The van der Waals surface area contributed by atoms with Crippen LogP contribution in [0, 0.1) is 13.8 Å². The lowest BCUT2D eigenvalue weighted by Gasteiger charge is -2.30. The first-order valence-corrected chi connectivity index (χ1v) is 8.06. The van der Waals surface area contributed by atoms with Gasteiger partial charge in [-0.2, -0.15) is 0 Å². The van der Waals surface area contributed by atoms with Gasteiger partial charge in [-0.05, 0) is 27.1 Å². The molecule has 2 heterocycles. The summed E-state index contributed by atoms with van der Waals surface area (Å²) in [6.07, 6.45) is 0. The molecule has 1 amide bonds. The van der Waals surface area contributed by atoms with E-state index in [4.69, 9.17) is 9.15 Å². The quantitative estimate of drug-likeness (QED) is 0.864. The number of para-hydroxylation sites is 1. The van der Waals surface area contributed by atoms with Crippen LogP contribution in [0.25, 0.3) is 0 Å². The third-order valence-corrected chi connectivity index (χ3v) is 4.12. The Bertz CT molecular complexity index is 739. The van der Waals surface area contributed by atoms with Crippen LogP contribution in [0.5, 0.6) is 5.75 Å². The summed E-state index contributed by atoms with van der Waals surface area (Å²) in [6.45, 7) is 5.21. The highest BCUT2D eigenvalue weighted by Gasteiger charge is 2.32. The zero-order valence-electron chi connectivity index (χ0n) is 14.6. The van der Waals surface area contributed by atoms with E-state index in [1.54, 1.807) is 13.8 Å². The number of ether oxygens (including phenoxy) is 1. The van der Waals surface area contributed by atoms with Gasteiger partial charge in [0.2, 0.25) is 5.76 Å². The maximum absolute atomic E-state index is 13.1. The van der Waals surface area contributed by atoms with Crippen LogP contribution in [0.3, 0.4) is 0 Å². The number of carbonyl (C=O) groups is 1. The van der Waals surface area contributed by atoms with E-state index in [1.165, 1.54) is 0 Å². The van der Waals surface area contributed by atoms with Crippen LogP contribution >= 0.6 is 0 Å². The maximum Gasteiger partial charge on any atom is 0.292 e. The minimum atomic E-state index is -0.139. The summed E-state index contributed by atoms with van der Waals surface area (Å²) in [7, 11) is 3.98. The first kappa shape index (κ1) is 16.5. The average Bonchev–Trinajstić information content (AvgIpc) is 2.77. The summed E-state index contributed by atoms with van der Waals surface area (Å²) in [5.41, 5.74) is 1.63. The number of oxazole rings is 1.